The molecule has 2 aromatic carbocycles. The zero-order valence-electron chi connectivity index (χ0n) is 13.1. The molecular formula is C18H16N2O4. The summed E-state index contributed by atoms with van der Waals surface area (Å²) in [4.78, 5) is 15.1. The lowest BCUT2D eigenvalue weighted by Crippen LogP contribution is -2.13. The van der Waals surface area contributed by atoms with Crippen molar-refractivity contribution in [2.75, 3.05) is 13.4 Å². The van der Waals surface area contributed by atoms with Crippen molar-refractivity contribution in [3.63, 3.8) is 0 Å². The Balaban J connectivity index is 1.68. The molecule has 6 nitrogen and oxygen atoms in total. The quantitative estimate of drug-likeness (QED) is 0.801. The van der Waals surface area contributed by atoms with E-state index in [0.29, 0.717) is 23.8 Å². The lowest BCUT2D eigenvalue weighted by atomic mass is 10.1. The zero-order chi connectivity index (χ0) is 16.5. The van der Waals surface area contributed by atoms with E-state index in [-0.39, 0.29) is 12.5 Å². The Morgan fingerprint density at radius 3 is 2.71 bits per heavy atom. The third kappa shape index (κ3) is 2.52. The molecule has 1 aliphatic rings. The molecule has 0 saturated carbocycles. The van der Waals surface area contributed by atoms with Crippen LogP contribution in [0.4, 0.5) is 0 Å². The van der Waals surface area contributed by atoms with E-state index in [4.69, 9.17) is 14.2 Å². The Morgan fingerprint density at radius 2 is 1.92 bits per heavy atom. The summed E-state index contributed by atoms with van der Waals surface area (Å²) in [6, 6.07) is 13.0. The highest BCUT2D eigenvalue weighted by atomic mass is 16.7. The van der Waals surface area contributed by atoms with Gasteiger partial charge in [0, 0.05) is 11.8 Å². The number of hydrogen-bond acceptors (Lipinski definition) is 4. The predicted molar refractivity (Wildman–Crippen MR) is 89.1 cm³/mol. The molecule has 0 radical (unpaired) electrons. The fourth-order valence-electron chi connectivity index (χ4n) is 2.67. The van der Waals surface area contributed by atoms with Crippen LogP contribution >= 0.6 is 0 Å². The molecule has 1 aliphatic heterocycles. The van der Waals surface area contributed by atoms with Crippen LogP contribution in [0.5, 0.6) is 17.2 Å². The van der Waals surface area contributed by atoms with E-state index in [1.807, 2.05) is 49.4 Å². The van der Waals surface area contributed by atoms with Gasteiger partial charge in [-0.1, -0.05) is 0 Å². The standard InChI is InChI=1S/C18H16N2O4/c1-2-22-14-6-4-13(5-7-14)20-10-15(19-18(20)21)12-3-8-16-17(9-12)24-11-23-16/h3-10H,2,11H2,1H3,(H,19,21). The molecule has 4 rings (SSSR count). The summed E-state index contributed by atoms with van der Waals surface area (Å²) < 4.78 is 17.7. The second kappa shape index (κ2) is 5.81. The third-order valence-corrected chi connectivity index (χ3v) is 3.83. The average Bonchev–Trinajstić information content (AvgIpc) is 3.21. The van der Waals surface area contributed by atoms with Gasteiger partial charge in [-0.2, -0.15) is 0 Å². The SMILES string of the molecule is CCOc1ccc(-n2cc(-c3ccc4c(c3)OCO4)[nH]c2=O)cc1. The summed E-state index contributed by atoms with van der Waals surface area (Å²) in [6.45, 7) is 2.77. The fraction of sp³-hybridized carbons (Fsp3) is 0.167. The van der Waals surface area contributed by atoms with Gasteiger partial charge in [-0.25, -0.2) is 4.79 Å². The van der Waals surface area contributed by atoms with Crippen LogP contribution in [0.25, 0.3) is 16.9 Å². The maximum atomic E-state index is 12.3. The van der Waals surface area contributed by atoms with Crippen LogP contribution in [0.3, 0.4) is 0 Å². The van der Waals surface area contributed by atoms with E-state index in [1.54, 1.807) is 10.8 Å². The number of fused-ring (bicyclic) bond motifs is 1. The van der Waals surface area contributed by atoms with Gasteiger partial charge >= 0.3 is 5.69 Å². The number of H-pyrrole nitrogens is 1. The van der Waals surface area contributed by atoms with Crippen molar-refractivity contribution in [2.24, 2.45) is 0 Å². The summed E-state index contributed by atoms with van der Waals surface area (Å²) in [6.07, 6.45) is 1.77. The second-order valence-electron chi connectivity index (χ2n) is 5.34. The van der Waals surface area contributed by atoms with Gasteiger partial charge in [0.15, 0.2) is 11.5 Å². The molecule has 0 fully saturated rings. The van der Waals surface area contributed by atoms with E-state index < -0.39 is 0 Å². The fourth-order valence-corrected chi connectivity index (χ4v) is 2.67. The summed E-state index contributed by atoms with van der Waals surface area (Å²) in [7, 11) is 0. The van der Waals surface area contributed by atoms with Crippen molar-refractivity contribution >= 4 is 0 Å². The number of ether oxygens (including phenoxy) is 3. The molecule has 3 aromatic rings. The van der Waals surface area contributed by atoms with Crippen molar-refractivity contribution in [3.05, 3.63) is 59.1 Å². The molecule has 0 bridgehead atoms. The first-order valence-corrected chi connectivity index (χ1v) is 7.69. The second-order valence-corrected chi connectivity index (χ2v) is 5.34. The van der Waals surface area contributed by atoms with E-state index in [0.717, 1.165) is 17.0 Å². The van der Waals surface area contributed by atoms with Crippen LogP contribution in [-0.2, 0) is 0 Å². The predicted octanol–water partition coefficient (Wildman–Crippen LogP) is 2.96. The van der Waals surface area contributed by atoms with E-state index >= 15 is 0 Å². The maximum Gasteiger partial charge on any atom is 0.330 e. The molecule has 6 heteroatoms. The average molecular weight is 324 g/mol. The Bertz CT molecular complexity index is 925. The molecule has 0 spiro atoms. The molecule has 0 amide bonds. The number of nitrogens with one attached hydrogen (secondary N) is 1. The molecule has 122 valence electrons. The van der Waals surface area contributed by atoms with Crippen LogP contribution in [0.2, 0.25) is 0 Å². The smallest absolute Gasteiger partial charge is 0.330 e. The molecule has 1 N–H and O–H groups in total. The number of aromatic nitrogens is 2. The number of hydrogen-bond donors (Lipinski definition) is 1. The molecule has 0 aliphatic carbocycles. The van der Waals surface area contributed by atoms with Crippen LogP contribution in [0.15, 0.2) is 53.5 Å². The largest absolute Gasteiger partial charge is 0.494 e. The summed E-state index contributed by atoms with van der Waals surface area (Å²) >= 11 is 0. The van der Waals surface area contributed by atoms with Gasteiger partial charge in [-0.15, -0.1) is 0 Å². The highest BCUT2D eigenvalue weighted by molar-refractivity contribution is 5.64. The van der Waals surface area contributed by atoms with E-state index in [2.05, 4.69) is 4.98 Å². The van der Waals surface area contributed by atoms with Gasteiger partial charge in [0.25, 0.3) is 0 Å². The van der Waals surface area contributed by atoms with Crippen molar-refractivity contribution in [2.45, 2.75) is 6.92 Å². The Hall–Kier alpha value is -3.15. The lowest BCUT2D eigenvalue weighted by Gasteiger charge is -2.05. The lowest BCUT2D eigenvalue weighted by molar-refractivity contribution is 0.174. The van der Waals surface area contributed by atoms with Crippen molar-refractivity contribution in [3.8, 4) is 34.2 Å². The van der Waals surface area contributed by atoms with Crippen LogP contribution < -0.4 is 19.9 Å². The van der Waals surface area contributed by atoms with Gasteiger partial charge in [0.2, 0.25) is 6.79 Å². The zero-order valence-corrected chi connectivity index (χ0v) is 13.1. The molecule has 0 saturated heterocycles. The number of nitrogens with zero attached hydrogens (tertiary/aromatic N) is 1. The highest BCUT2D eigenvalue weighted by Crippen LogP contribution is 2.35. The van der Waals surface area contributed by atoms with Gasteiger partial charge in [-0.05, 0) is 49.4 Å². The molecular weight excluding hydrogens is 308 g/mol. The summed E-state index contributed by atoms with van der Waals surface area (Å²) in [5.41, 5.74) is 2.15. The molecule has 24 heavy (non-hydrogen) atoms. The number of aromatic amines is 1. The van der Waals surface area contributed by atoms with Crippen LogP contribution in [0.1, 0.15) is 6.92 Å². The Morgan fingerprint density at radius 1 is 1.12 bits per heavy atom. The first kappa shape index (κ1) is 14.4. The first-order valence-electron chi connectivity index (χ1n) is 7.69. The van der Waals surface area contributed by atoms with E-state index in [1.165, 1.54) is 0 Å². The normalized spacial score (nSPS) is 12.4. The van der Waals surface area contributed by atoms with Crippen LogP contribution in [-0.4, -0.2) is 23.0 Å². The van der Waals surface area contributed by atoms with Gasteiger partial charge in [0.1, 0.15) is 5.75 Å². The van der Waals surface area contributed by atoms with Crippen molar-refractivity contribution in [1.82, 2.24) is 9.55 Å². The minimum absolute atomic E-state index is 0.202. The molecule has 0 atom stereocenters. The molecule has 0 unspecified atom stereocenters. The summed E-state index contributed by atoms with van der Waals surface area (Å²) in [5.74, 6) is 2.18. The number of benzene rings is 2. The molecule has 1 aromatic heterocycles. The minimum Gasteiger partial charge on any atom is -0.494 e. The first-order chi connectivity index (χ1) is 11.7. The molecule has 2 heterocycles. The third-order valence-electron chi connectivity index (χ3n) is 3.83. The number of imidazole rings is 1. The van der Waals surface area contributed by atoms with Gasteiger partial charge in [-0.3, -0.25) is 4.57 Å². The Kier molecular flexibility index (Phi) is 3.49. The highest BCUT2D eigenvalue weighted by Gasteiger charge is 2.15. The van der Waals surface area contributed by atoms with Gasteiger partial charge in [0.05, 0.1) is 18.0 Å². The number of rotatable bonds is 4. The van der Waals surface area contributed by atoms with Crippen LogP contribution in [0, 0.1) is 0 Å². The van der Waals surface area contributed by atoms with Crippen molar-refractivity contribution < 1.29 is 14.2 Å². The van der Waals surface area contributed by atoms with E-state index in [9.17, 15) is 4.79 Å². The Labute approximate surface area is 138 Å². The van der Waals surface area contributed by atoms with Crippen molar-refractivity contribution in [1.29, 1.82) is 0 Å². The maximum absolute atomic E-state index is 12.3. The monoisotopic (exact) mass is 324 g/mol. The topological polar surface area (TPSA) is 65.5 Å². The van der Waals surface area contributed by atoms with Gasteiger partial charge < -0.3 is 19.2 Å². The minimum atomic E-state index is -0.202. The summed E-state index contributed by atoms with van der Waals surface area (Å²) in [5, 5.41) is 0.